The minimum absolute atomic E-state index is 0.0278. The fourth-order valence-electron chi connectivity index (χ4n) is 1.67. The van der Waals surface area contributed by atoms with Crippen molar-refractivity contribution >= 4 is 17.2 Å². The van der Waals surface area contributed by atoms with Gasteiger partial charge in [-0.2, -0.15) is 0 Å². The lowest BCUT2D eigenvalue weighted by molar-refractivity contribution is -0.127. The summed E-state index contributed by atoms with van der Waals surface area (Å²) in [5, 5.41) is 0. The number of thiazole rings is 1. The number of likely N-dealkylation sites (N-methyl/N-ethyl adjacent to an activating group) is 1. The maximum atomic E-state index is 11.3. The number of carbonyl (C=O) groups excluding carboxylic acids is 1. The molecule has 0 aliphatic carbocycles. The molecule has 1 aliphatic rings. The molecule has 1 fully saturated rings. The third kappa shape index (κ3) is 1.34. The first-order chi connectivity index (χ1) is 6.20. The summed E-state index contributed by atoms with van der Waals surface area (Å²) in [4.78, 5) is 18.1. The average Bonchev–Trinajstić information content (AvgIpc) is 2.63. The van der Waals surface area contributed by atoms with Crippen LogP contribution < -0.4 is 5.73 Å². The van der Waals surface area contributed by atoms with Crippen LogP contribution in [0.5, 0.6) is 0 Å². The van der Waals surface area contributed by atoms with Crippen LogP contribution in [0.4, 0.5) is 0 Å². The second-order valence-corrected chi connectivity index (χ2v) is 4.14. The molecule has 0 bridgehead atoms. The van der Waals surface area contributed by atoms with Gasteiger partial charge in [-0.15, -0.1) is 11.3 Å². The van der Waals surface area contributed by atoms with Gasteiger partial charge in [0.2, 0.25) is 5.91 Å². The van der Waals surface area contributed by atoms with E-state index in [0.717, 1.165) is 4.88 Å². The van der Waals surface area contributed by atoms with E-state index >= 15 is 0 Å². The number of aromatic nitrogens is 1. The zero-order valence-corrected chi connectivity index (χ0v) is 8.12. The van der Waals surface area contributed by atoms with Crippen molar-refractivity contribution in [3.05, 3.63) is 16.6 Å². The van der Waals surface area contributed by atoms with Crippen molar-refractivity contribution in [2.75, 3.05) is 7.05 Å². The summed E-state index contributed by atoms with van der Waals surface area (Å²) in [5.74, 6) is 0.117. The summed E-state index contributed by atoms with van der Waals surface area (Å²) in [6.07, 6.45) is 2.23. The normalized spacial score (nSPS) is 28.5. The number of hydrogen-bond donors (Lipinski definition) is 1. The first-order valence-corrected chi connectivity index (χ1v) is 4.97. The number of nitrogens with zero attached hydrogens (tertiary/aromatic N) is 2. The lowest BCUT2D eigenvalue weighted by Crippen LogP contribution is -2.29. The molecular formula is C8H11N3OS. The van der Waals surface area contributed by atoms with Gasteiger partial charge in [-0.05, 0) is 0 Å². The van der Waals surface area contributed by atoms with Crippen LogP contribution in [-0.4, -0.2) is 28.9 Å². The molecule has 0 spiro atoms. The third-order valence-corrected chi connectivity index (χ3v) is 3.22. The molecule has 0 aromatic carbocycles. The SMILES string of the molecule is CN1C(=O)C[C@H](N)[C@H]1c1cncs1. The lowest BCUT2D eigenvalue weighted by atomic mass is 10.1. The monoisotopic (exact) mass is 197 g/mol. The van der Waals surface area contributed by atoms with Crippen LogP contribution in [0.2, 0.25) is 0 Å². The molecule has 5 heteroatoms. The van der Waals surface area contributed by atoms with Crippen LogP contribution in [0.25, 0.3) is 0 Å². The summed E-state index contributed by atoms with van der Waals surface area (Å²) in [5.41, 5.74) is 7.63. The molecule has 1 saturated heterocycles. The quantitative estimate of drug-likeness (QED) is 0.707. The highest BCUT2D eigenvalue weighted by atomic mass is 32.1. The molecule has 1 aromatic heterocycles. The number of rotatable bonds is 1. The Labute approximate surface area is 80.4 Å². The van der Waals surface area contributed by atoms with E-state index in [0.29, 0.717) is 6.42 Å². The number of likely N-dealkylation sites (tertiary alicyclic amines) is 1. The van der Waals surface area contributed by atoms with Crippen molar-refractivity contribution in [3.8, 4) is 0 Å². The van der Waals surface area contributed by atoms with Gasteiger partial charge in [-0.3, -0.25) is 9.78 Å². The molecule has 2 heterocycles. The molecule has 2 atom stereocenters. The van der Waals surface area contributed by atoms with E-state index in [1.165, 1.54) is 0 Å². The Bertz CT molecular complexity index is 311. The summed E-state index contributed by atoms with van der Waals surface area (Å²) < 4.78 is 0. The number of nitrogens with two attached hydrogens (primary N) is 1. The number of hydrogen-bond acceptors (Lipinski definition) is 4. The van der Waals surface area contributed by atoms with Gasteiger partial charge in [0.05, 0.1) is 11.6 Å². The van der Waals surface area contributed by atoms with E-state index in [2.05, 4.69) is 4.98 Å². The molecular weight excluding hydrogens is 186 g/mol. The smallest absolute Gasteiger partial charge is 0.224 e. The molecule has 1 amide bonds. The van der Waals surface area contributed by atoms with Crippen molar-refractivity contribution < 1.29 is 4.79 Å². The highest BCUT2D eigenvalue weighted by Gasteiger charge is 2.36. The van der Waals surface area contributed by atoms with Gasteiger partial charge in [-0.25, -0.2) is 0 Å². The van der Waals surface area contributed by atoms with E-state index in [1.807, 2.05) is 0 Å². The second kappa shape index (κ2) is 3.08. The van der Waals surface area contributed by atoms with Gasteiger partial charge in [0.1, 0.15) is 0 Å². The van der Waals surface area contributed by atoms with Gasteiger partial charge in [-0.1, -0.05) is 0 Å². The predicted molar refractivity (Wildman–Crippen MR) is 50.2 cm³/mol. The highest BCUT2D eigenvalue weighted by Crippen LogP contribution is 2.32. The van der Waals surface area contributed by atoms with Crippen LogP contribution in [0.3, 0.4) is 0 Å². The maximum Gasteiger partial charge on any atom is 0.224 e. The van der Waals surface area contributed by atoms with Crippen molar-refractivity contribution in [1.29, 1.82) is 0 Å². The molecule has 0 unspecified atom stereocenters. The topological polar surface area (TPSA) is 59.2 Å². The van der Waals surface area contributed by atoms with E-state index in [9.17, 15) is 4.79 Å². The fraction of sp³-hybridized carbons (Fsp3) is 0.500. The largest absolute Gasteiger partial charge is 0.336 e. The maximum absolute atomic E-state index is 11.3. The Morgan fingerprint density at radius 2 is 2.54 bits per heavy atom. The Hall–Kier alpha value is -0.940. The Morgan fingerprint density at radius 3 is 3.00 bits per heavy atom. The van der Waals surface area contributed by atoms with Crippen LogP contribution >= 0.6 is 11.3 Å². The minimum atomic E-state index is -0.0852. The van der Waals surface area contributed by atoms with Crippen molar-refractivity contribution in [1.82, 2.24) is 9.88 Å². The van der Waals surface area contributed by atoms with Gasteiger partial charge >= 0.3 is 0 Å². The van der Waals surface area contributed by atoms with Crippen molar-refractivity contribution in [3.63, 3.8) is 0 Å². The van der Waals surface area contributed by atoms with Gasteiger partial charge in [0.15, 0.2) is 0 Å². The Balaban J connectivity index is 2.29. The number of amides is 1. The zero-order chi connectivity index (χ0) is 9.42. The molecule has 13 heavy (non-hydrogen) atoms. The summed E-state index contributed by atoms with van der Waals surface area (Å²) >= 11 is 1.54. The summed E-state index contributed by atoms with van der Waals surface area (Å²) in [6, 6.07) is -0.0575. The minimum Gasteiger partial charge on any atom is -0.336 e. The molecule has 2 rings (SSSR count). The van der Waals surface area contributed by atoms with Crippen LogP contribution in [-0.2, 0) is 4.79 Å². The van der Waals surface area contributed by atoms with Crippen LogP contribution in [0.1, 0.15) is 17.3 Å². The van der Waals surface area contributed by atoms with Crippen molar-refractivity contribution in [2.24, 2.45) is 5.73 Å². The molecule has 2 N–H and O–H groups in total. The zero-order valence-electron chi connectivity index (χ0n) is 7.30. The molecule has 1 aromatic rings. The predicted octanol–water partition coefficient (Wildman–Crippen LogP) is 0.374. The first-order valence-electron chi connectivity index (χ1n) is 4.10. The van der Waals surface area contributed by atoms with E-state index in [1.54, 1.807) is 35.0 Å². The first kappa shape index (κ1) is 8.65. The van der Waals surface area contributed by atoms with Crippen molar-refractivity contribution in [2.45, 2.75) is 18.5 Å². The Morgan fingerprint density at radius 1 is 1.77 bits per heavy atom. The standard InChI is InChI=1S/C8H11N3OS/c1-11-7(12)2-5(9)8(11)6-3-10-4-13-6/h3-5,8H,2,9H2,1H3/t5-,8-/m0/s1. The Kier molecular flexibility index (Phi) is 2.05. The molecule has 4 nitrogen and oxygen atoms in total. The van der Waals surface area contributed by atoms with Gasteiger partial charge < -0.3 is 10.6 Å². The van der Waals surface area contributed by atoms with E-state index in [-0.39, 0.29) is 18.0 Å². The fourth-order valence-corrected chi connectivity index (χ4v) is 2.51. The lowest BCUT2D eigenvalue weighted by Gasteiger charge is -2.20. The summed E-state index contributed by atoms with van der Waals surface area (Å²) in [7, 11) is 1.79. The van der Waals surface area contributed by atoms with Gasteiger partial charge in [0.25, 0.3) is 0 Å². The van der Waals surface area contributed by atoms with Gasteiger partial charge in [0, 0.05) is 30.6 Å². The molecule has 70 valence electrons. The molecule has 0 radical (unpaired) electrons. The number of carbonyl (C=O) groups is 1. The summed E-state index contributed by atoms with van der Waals surface area (Å²) in [6.45, 7) is 0. The van der Waals surface area contributed by atoms with E-state index in [4.69, 9.17) is 5.73 Å². The molecule has 1 aliphatic heterocycles. The van der Waals surface area contributed by atoms with Crippen LogP contribution in [0, 0.1) is 0 Å². The van der Waals surface area contributed by atoms with Crippen LogP contribution in [0.15, 0.2) is 11.7 Å². The average molecular weight is 197 g/mol. The second-order valence-electron chi connectivity index (χ2n) is 3.22. The molecule has 0 saturated carbocycles. The third-order valence-electron chi connectivity index (χ3n) is 2.37. The highest BCUT2D eigenvalue weighted by molar-refractivity contribution is 7.09. The van der Waals surface area contributed by atoms with E-state index < -0.39 is 0 Å².